The summed E-state index contributed by atoms with van der Waals surface area (Å²) in [5.41, 5.74) is -1.14. The lowest BCUT2D eigenvalue weighted by atomic mass is 9.74. The van der Waals surface area contributed by atoms with Gasteiger partial charge < -0.3 is 10.2 Å². The fourth-order valence-electron chi connectivity index (χ4n) is 2.54. The zero-order valence-corrected chi connectivity index (χ0v) is 9.87. The van der Waals surface area contributed by atoms with Gasteiger partial charge in [-0.1, -0.05) is 19.3 Å². The average molecular weight is 240 g/mol. The number of thiophene rings is 1. The molecule has 1 fully saturated rings. The third kappa shape index (κ3) is 1.87. The first-order chi connectivity index (χ1) is 7.65. The fraction of sp³-hybridized carbons (Fsp3) is 0.583. The Morgan fingerprint density at radius 2 is 2.06 bits per heavy atom. The highest BCUT2D eigenvalue weighted by molar-refractivity contribution is 7.08. The molecule has 0 radical (unpaired) electrons. The minimum Gasteiger partial charge on any atom is -0.479 e. The van der Waals surface area contributed by atoms with Crippen LogP contribution >= 0.6 is 11.3 Å². The minimum absolute atomic E-state index is 0.145. The van der Waals surface area contributed by atoms with Crippen molar-refractivity contribution in [1.29, 1.82) is 0 Å². The molecule has 0 aromatic carbocycles. The molecule has 16 heavy (non-hydrogen) atoms. The summed E-state index contributed by atoms with van der Waals surface area (Å²) in [7, 11) is 0. The maximum absolute atomic E-state index is 11.4. The number of carboxylic acid groups (broad SMARTS) is 1. The first kappa shape index (κ1) is 11.6. The molecule has 1 atom stereocenters. The molecule has 2 rings (SSSR count). The van der Waals surface area contributed by atoms with Crippen LogP contribution in [0.1, 0.15) is 37.7 Å². The van der Waals surface area contributed by atoms with E-state index < -0.39 is 11.6 Å². The van der Waals surface area contributed by atoms with Crippen LogP contribution in [0.15, 0.2) is 16.8 Å². The third-order valence-electron chi connectivity index (χ3n) is 3.48. The number of carboxylic acids is 1. The molecule has 3 nitrogen and oxygen atoms in total. The van der Waals surface area contributed by atoms with Gasteiger partial charge in [0.05, 0.1) is 0 Å². The van der Waals surface area contributed by atoms with Crippen LogP contribution in [0.5, 0.6) is 0 Å². The molecule has 0 amide bonds. The lowest BCUT2D eigenvalue weighted by molar-refractivity contribution is -0.168. The van der Waals surface area contributed by atoms with Crippen molar-refractivity contribution in [2.75, 3.05) is 0 Å². The van der Waals surface area contributed by atoms with E-state index in [1.54, 1.807) is 11.4 Å². The molecule has 4 heteroatoms. The van der Waals surface area contributed by atoms with E-state index in [0.717, 1.165) is 32.1 Å². The van der Waals surface area contributed by atoms with Crippen LogP contribution in [0, 0.1) is 5.92 Å². The van der Waals surface area contributed by atoms with Crippen molar-refractivity contribution in [2.24, 2.45) is 5.92 Å². The molecule has 0 saturated heterocycles. The van der Waals surface area contributed by atoms with E-state index in [1.165, 1.54) is 11.3 Å². The zero-order chi connectivity index (χ0) is 11.6. The van der Waals surface area contributed by atoms with Gasteiger partial charge in [-0.15, -0.1) is 0 Å². The van der Waals surface area contributed by atoms with E-state index in [1.807, 2.05) is 5.38 Å². The maximum Gasteiger partial charge on any atom is 0.340 e. The van der Waals surface area contributed by atoms with Gasteiger partial charge in [0.15, 0.2) is 5.60 Å². The summed E-state index contributed by atoms with van der Waals surface area (Å²) in [4.78, 5) is 11.4. The summed E-state index contributed by atoms with van der Waals surface area (Å²) in [5.74, 6) is -1.26. The lowest BCUT2D eigenvalue weighted by Gasteiger charge is -2.34. The molecule has 1 heterocycles. The molecule has 1 aromatic heterocycles. The predicted molar refractivity (Wildman–Crippen MR) is 62.4 cm³/mol. The molecule has 1 unspecified atom stereocenters. The van der Waals surface area contributed by atoms with Crippen LogP contribution in [0.2, 0.25) is 0 Å². The van der Waals surface area contributed by atoms with Crippen molar-refractivity contribution in [2.45, 2.75) is 37.7 Å². The maximum atomic E-state index is 11.4. The van der Waals surface area contributed by atoms with Gasteiger partial charge in [0.25, 0.3) is 0 Å². The second-order valence-corrected chi connectivity index (χ2v) is 5.20. The molecule has 0 spiro atoms. The topological polar surface area (TPSA) is 57.5 Å². The normalized spacial score (nSPS) is 21.6. The first-order valence-electron chi connectivity index (χ1n) is 5.64. The van der Waals surface area contributed by atoms with E-state index >= 15 is 0 Å². The van der Waals surface area contributed by atoms with Crippen LogP contribution in [0.3, 0.4) is 0 Å². The summed E-state index contributed by atoms with van der Waals surface area (Å²) < 4.78 is 0. The largest absolute Gasteiger partial charge is 0.479 e. The highest BCUT2D eigenvalue weighted by Crippen LogP contribution is 2.40. The molecule has 2 N–H and O–H groups in total. The Balaban J connectivity index is 2.31. The Kier molecular flexibility index (Phi) is 3.30. The van der Waals surface area contributed by atoms with Gasteiger partial charge in [-0.05, 0) is 29.7 Å². The molecule has 1 aliphatic carbocycles. The number of rotatable bonds is 3. The summed E-state index contributed by atoms with van der Waals surface area (Å²) in [6.45, 7) is 0. The molecule has 0 aliphatic heterocycles. The third-order valence-corrected chi connectivity index (χ3v) is 4.17. The highest BCUT2D eigenvalue weighted by Gasteiger charge is 2.46. The standard InChI is InChI=1S/C12H16O3S/c13-11(14)12(15,10-6-7-16-8-10)9-4-2-1-3-5-9/h6-9,15H,1-5H2,(H,13,14). The van der Waals surface area contributed by atoms with Crippen LogP contribution in [0.25, 0.3) is 0 Å². The van der Waals surface area contributed by atoms with Crippen molar-refractivity contribution in [1.82, 2.24) is 0 Å². The van der Waals surface area contributed by atoms with Crippen molar-refractivity contribution >= 4 is 17.3 Å². The Bertz CT molecular complexity index is 354. The second-order valence-electron chi connectivity index (χ2n) is 4.42. The van der Waals surface area contributed by atoms with E-state index in [4.69, 9.17) is 0 Å². The highest BCUT2D eigenvalue weighted by atomic mass is 32.1. The first-order valence-corrected chi connectivity index (χ1v) is 6.58. The Hall–Kier alpha value is -0.870. The van der Waals surface area contributed by atoms with Crippen LogP contribution in [-0.2, 0) is 10.4 Å². The zero-order valence-electron chi connectivity index (χ0n) is 9.06. The summed E-state index contributed by atoms with van der Waals surface area (Å²) in [6.07, 6.45) is 4.79. The monoisotopic (exact) mass is 240 g/mol. The Labute approximate surface area is 98.7 Å². The van der Waals surface area contributed by atoms with Gasteiger partial charge in [-0.3, -0.25) is 0 Å². The average Bonchev–Trinajstić information content (AvgIpc) is 2.82. The van der Waals surface area contributed by atoms with Crippen LogP contribution in [0.4, 0.5) is 0 Å². The summed E-state index contributed by atoms with van der Waals surface area (Å²) in [5, 5.41) is 23.3. The Morgan fingerprint density at radius 3 is 2.56 bits per heavy atom. The number of hydrogen-bond acceptors (Lipinski definition) is 3. The van der Waals surface area contributed by atoms with Crippen LogP contribution in [-0.4, -0.2) is 16.2 Å². The quantitative estimate of drug-likeness (QED) is 0.853. The van der Waals surface area contributed by atoms with E-state index in [9.17, 15) is 15.0 Å². The molecule has 1 aromatic rings. The van der Waals surface area contributed by atoms with Gasteiger partial charge in [-0.2, -0.15) is 11.3 Å². The second kappa shape index (κ2) is 4.55. The van der Waals surface area contributed by atoms with Gasteiger partial charge in [-0.25, -0.2) is 4.79 Å². The Morgan fingerprint density at radius 1 is 1.38 bits per heavy atom. The fourth-order valence-corrected chi connectivity index (χ4v) is 3.24. The minimum atomic E-state index is -1.68. The number of carbonyl (C=O) groups is 1. The van der Waals surface area contributed by atoms with Crippen molar-refractivity contribution in [3.63, 3.8) is 0 Å². The smallest absolute Gasteiger partial charge is 0.340 e. The molecule has 0 bridgehead atoms. The van der Waals surface area contributed by atoms with E-state index in [2.05, 4.69) is 0 Å². The van der Waals surface area contributed by atoms with E-state index in [-0.39, 0.29) is 5.92 Å². The predicted octanol–water partition coefficient (Wildman–Crippen LogP) is 2.60. The molecule has 1 aliphatic rings. The van der Waals surface area contributed by atoms with Gasteiger partial charge in [0.2, 0.25) is 0 Å². The lowest BCUT2D eigenvalue weighted by Crippen LogP contribution is -2.43. The molecule has 1 saturated carbocycles. The van der Waals surface area contributed by atoms with Gasteiger partial charge in [0, 0.05) is 11.5 Å². The van der Waals surface area contributed by atoms with Crippen molar-refractivity contribution in [3.8, 4) is 0 Å². The SMILES string of the molecule is O=C(O)C(O)(c1ccsc1)C1CCCCC1. The summed E-state index contributed by atoms with van der Waals surface area (Å²) >= 11 is 1.42. The van der Waals surface area contributed by atoms with Crippen molar-refractivity contribution in [3.05, 3.63) is 22.4 Å². The van der Waals surface area contributed by atoms with Gasteiger partial charge >= 0.3 is 5.97 Å². The van der Waals surface area contributed by atoms with Crippen LogP contribution < -0.4 is 0 Å². The van der Waals surface area contributed by atoms with E-state index in [0.29, 0.717) is 5.56 Å². The molecular weight excluding hydrogens is 224 g/mol. The van der Waals surface area contributed by atoms with Gasteiger partial charge in [0.1, 0.15) is 0 Å². The van der Waals surface area contributed by atoms with Crippen molar-refractivity contribution < 1.29 is 15.0 Å². The number of aliphatic carboxylic acids is 1. The number of aliphatic hydroxyl groups is 1. The summed E-state index contributed by atoms with van der Waals surface area (Å²) in [6, 6.07) is 1.72. The molecular formula is C12H16O3S. The number of hydrogen-bond donors (Lipinski definition) is 2. The molecule has 88 valence electrons.